The van der Waals surface area contributed by atoms with E-state index in [9.17, 15) is 9.18 Å². The van der Waals surface area contributed by atoms with E-state index in [1.165, 1.54) is 23.9 Å². The van der Waals surface area contributed by atoms with Crippen molar-refractivity contribution in [3.63, 3.8) is 0 Å². The number of rotatable bonds is 4. The average Bonchev–Trinajstić information content (AvgIpc) is 3.01. The molecule has 136 valence electrons. The number of hydrogen-bond donors (Lipinski definition) is 0. The number of fused-ring (bicyclic) bond motifs is 1. The van der Waals surface area contributed by atoms with Crippen LogP contribution in [0.1, 0.15) is 11.4 Å². The molecule has 1 aromatic carbocycles. The van der Waals surface area contributed by atoms with Gasteiger partial charge in [0.15, 0.2) is 11.0 Å². The zero-order valence-corrected chi connectivity index (χ0v) is 15.6. The van der Waals surface area contributed by atoms with Gasteiger partial charge >= 0.3 is 0 Å². The summed E-state index contributed by atoms with van der Waals surface area (Å²) in [4.78, 5) is 16.9. The van der Waals surface area contributed by atoms with Crippen LogP contribution in [0.5, 0.6) is 0 Å². The van der Waals surface area contributed by atoms with E-state index in [2.05, 4.69) is 15.2 Å². The van der Waals surface area contributed by atoms with Crippen LogP contribution in [0.2, 0.25) is 0 Å². The highest BCUT2D eigenvalue weighted by Gasteiger charge is 2.12. The summed E-state index contributed by atoms with van der Waals surface area (Å²) < 4.78 is 16.5. The second kappa shape index (κ2) is 6.96. The van der Waals surface area contributed by atoms with Gasteiger partial charge in [-0.1, -0.05) is 17.8 Å². The number of pyridine rings is 1. The zero-order chi connectivity index (χ0) is 19.0. The van der Waals surface area contributed by atoms with E-state index in [1.807, 2.05) is 36.7 Å². The van der Waals surface area contributed by atoms with E-state index in [-0.39, 0.29) is 11.4 Å². The summed E-state index contributed by atoms with van der Waals surface area (Å²) >= 11 is 1.44. The molecule has 0 aliphatic heterocycles. The third-order valence-electron chi connectivity index (χ3n) is 4.22. The Kier molecular flexibility index (Phi) is 4.49. The van der Waals surface area contributed by atoms with Crippen molar-refractivity contribution in [3.8, 4) is 11.4 Å². The van der Waals surface area contributed by atoms with E-state index in [4.69, 9.17) is 0 Å². The van der Waals surface area contributed by atoms with Crippen LogP contribution in [-0.4, -0.2) is 24.1 Å². The molecule has 8 heteroatoms. The van der Waals surface area contributed by atoms with E-state index in [0.29, 0.717) is 28.1 Å². The predicted octanol–water partition coefficient (Wildman–Crippen LogP) is 3.23. The van der Waals surface area contributed by atoms with Gasteiger partial charge in [-0.05, 0) is 43.3 Å². The Labute approximate surface area is 158 Å². The summed E-state index contributed by atoms with van der Waals surface area (Å²) in [7, 11) is 1.85. The Morgan fingerprint density at radius 1 is 1.11 bits per heavy atom. The fourth-order valence-corrected chi connectivity index (χ4v) is 3.67. The van der Waals surface area contributed by atoms with E-state index in [0.717, 1.165) is 11.3 Å². The topological polar surface area (TPSA) is 65.1 Å². The minimum absolute atomic E-state index is 0.0985. The minimum atomic E-state index is -0.292. The number of benzene rings is 1. The Bertz CT molecular complexity index is 1180. The Morgan fingerprint density at radius 2 is 1.89 bits per heavy atom. The van der Waals surface area contributed by atoms with Gasteiger partial charge in [-0.2, -0.15) is 0 Å². The standard InChI is InChI=1S/C19H16FN5OS/c1-12-4-3-5-16-21-15(10-17(26)25(12)16)11-27-19-23-22-18(24(19)2)13-6-8-14(20)9-7-13/h3-10H,11H2,1-2H3. The normalized spacial score (nSPS) is 11.2. The van der Waals surface area contributed by atoms with Crippen LogP contribution >= 0.6 is 11.8 Å². The number of aromatic nitrogens is 5. The fourth-order valence-electron chi connectivity index (χ4n) is 2.87. The lowest BCUT2D eigenvalue weighted by molar-refractivity contribution is 0.628. The Balaban J connectivity index is 1.58. The fraction of sp³-hybridized carbons (Fsp3) is 0.158. The molecule has 4 rings (SSSR count). The number of hydrogen-bond acceptors (Lipinski definition) is 5. The first-order valence-corrected chi connectivity index (χ1v) is 9.28. The van der Waals surface area contributed by atoms with Crippen LogP contribution in [0.4, 0.5) is 4.39 Å². The molecule has 4 aromatic rings. The van der Waals surface area contributed by atoms with Crippen LogP contribution in [0.3, 0.4) is 0 Å². The summed E-state index contributed by atoms with van der Waals surface area (Å²) in [5.74, 6) is 0.855. The molecule has 0 saturated carbocycles. The van der Waals surface area contributed by atoms with Gasteiger partial charge in [0.05, 0.1) is 5.69 Å². The molecule has 0 fully saturated rings. The van der Waals surface area contributed by atoms with Gasteiger partial charge in [-0.25, -0.2) is 9.37 Å². The third-order valence-corrected chi connectivity index (χ3v) is 5.27. The first-order chi connectivity index (χ1) is 13.0. The van der Waals surface area contributed by atoms with Gasteiger partial charge in [0.2, 0.25) is 0 Å². The molecular weight excluding hydrogens is 365 g/mol. The van der Waals surface area contributed by atoms with Gasteiger partial charge in [-0.3, -0.25) is 9.20 Å². The van der Waals surface area contributed by atoms with E-state index >= 15 is 0 Å². The largest absolute Gasteiger partial charge is 0.305 e. The van der Waals surface area contributed by atoms with Crippen molar-refractivity contribution in [2.45, 2.75) is 17.8 Å². The number of aryl methyl sites for hydroxylation is 1. The molecule has 0 spiro atoms. The van der Waals surface area contributed by atoms with Gasteiger partial charge in [0.1, 0.15) is 11.5 Å². The number of nitrogens with zero attached hydrogens (tertiary/aromatic N) is 5. The Hall–Kier alpha value is -3.00. The predicted molar refractivity (Wildman–Crippen MR) is 102 cm³/mol. The number of thioether (sulfide) groups is 1. The van der Waals surface area contributed by atoms with Crippen molar-refractivity contribution in [2.75, 3.05) is 0 Å². The summed E-state index contributed by atoms with van der Waals surface area (Å²) in [6.45, 7) is 1.88. The lowest BCUT2D eigenvalue weighted by Gasteiger charge is -2.07. The van der Waals surface area contributed by atoms with Crippen LogP contribution in [0.25, 0.3) is 17.0 Å². The monoisotopic (exact) mass is 381 g/mol. The average molecular weight is 381 g/mol. The molecule has 0 saturated heterocycles. The summed E-state index contributed by atoms with van der Waals surface area (Å²) in [6.07, 6.45) is 0. The van der Waals surface area contributed by atoms with Crippen LogP contribution in [0, 0.1) is 12.7 Å². The molecule has 3 heterocycles. The van der Waals surface area contributed by atoms with Crippen LogP contribution in [0.15, 0.2) is 58.5 Å². The zero-order valence-electron chi connectivity index (χ0n) is 14.8. The minimum Gasteiger partial charge on any atom is -0.305 e. The summed E-state index contributed by atoms with van der Waals surface area (Å²) in [6, 6.07) is 13.2. The maximum atomic E-state index is 13.1. The lowest BCUT2D eigenvalue weighted by Crippen LogP contribution is -2.17. The first-order valence-electron chi connectivity index (χ1n) is 8.29. The lowest BCUT2D eigenvalue weighted by atomic mass is 10.2. The number of halogens is 1. The molecule has 0 bridgehead atoms. The molecule has 0 atom stereocenters. The molecule has 0 aliphatic carbocycles. The first kappa shape index (κ1) is 17.4. The maximum absolute atomic E-state index is 13.1. The van der Waals surface area contributed by atoms with Gasteiger partial charge in [0, 0.05) is 30.1 Å². The highest BCUT2D eigenvalue weighted by atomic mass is 32.2. The second-order valence-electron chi connectivity index (χ2n) is 6.11. The molecule has 3 aromatic heterocycles. The highest BCUT2D eigenvalue weighted by molar-refractivity contribution is 7.98. The molecule has 6 nitrogen and oxygen atoms in total. The molecule has 0 radical (unpaired) electrons. The van der Waals surface area contributed by atoms with Crippen molar-refractivity contribution in [1.29, 1.82) is 0 Å². The van der Waals surface area contributed by atoms with Crippen LogP contribution < -0.4 is 5.56 Å². The van der Waals surface area contributed by atoms with Crippen molar-refractivity contribution in [1.82, 2.24) is 24.1 Å². The van der Waals surface area contributed by atoms with Crippen molar-refractivity contribution < 1.29 is 4.39 Å². The summed E-state index contributed by atoms with van der Waals surface area (Å²) in [5.41, 5.74) is 2.85. The van der Waals surface area contributed by atoms with Gasteiger partial charge in [0.25, 0.3) is 5.56 Å². The SMILES string of the molecule is Cc1cccc2nc(CSc3nnc(-c4ccc(F)cc4)n3C)cc(=O)n12. The quantitative estimate of drug-likeness (QED) is 0.508. The molecular formula is C19H16FN5OS. The van der Waals surface area contributed by atoms with Gasteiger partial charge in [-0.15, -0.1) is 10.2 Å². The van der Waals surface area contributed by atoms with E-state index < -0.39 is 0 Å². The molecule has 0 unspecified atom stereocenters. The van der Waals surface area contributed by atoms with Crippen LogP contribution in [-0.2, 0) is 12.8 Å². The van der Waals surface area contributed by atoms with Crippen molar-refractivity contribution in [2.24, 2.45) is 7.05 Å². The van der Waals surface area contributed by atoms with E-state index in [1.54, 1.807) is 22.6 Å². The van der Waals surface area contributed by atoms with Crippen molar-refractivity contribution in [3.05, 3.63) is 76.1 Å². The van der Waals surface area contributed by atoms with Gasteiger partial charge < -0.3 is 4.57 Å². The highest BCUT2D eigenvalue weighted by Crippen LogP contribution is 2.24. The summed E-state index contributed by atoms with van der Waals surface area (Å²) in [5, 5.41) is 9.08. The Morgan fingerprint density at radius 3 is 2.67 bits per heavy atom. The molecule has 27 heavy (non-hydrogen) atoms. The molecule has 0 aliphatic rings. The smallest absolute Gasteiger partial charge is 0.258 e. The second-order valence-corrected chi connectivity index (χ2v) is 7.05. The molecule has 0 amide bonds. The molecule has 0 N–H and O–H groups in total. The third kappa shape index (κ3) is 3.35. The maximum Gasteiger partial charge on any atom is 0.258 e. The van der Waals surface area contributed by atoms with Crippen molar-refractivity contribution >= 4 is 17.4 Å².